The SMILES string of the molecule is NCC(c1ccc(Cl)cc1)N1CCN(C2CCCC2)CC1. The van der Waals surface area contributed by atoms with E-state index in [1.807, 2.05) is 12.1 Å². The minimum Gasteiger partial charge on any atom is -0.329 e. The van der Waals surface area contributed by atoms with E-state index in [-0.39, 0.29) is 0 Å². The second-order valence-electron chi connectivity index (χ2n) is 6.31. The zero-order valence-electron chi connectivity index (χ0n) is 12.7. The fourth-order valence-corrected chi connectivity index (χ4v) is 3.99. The molecule has 1 saturated heterocycles. The average Bonchev–Trinajstić information content (AvgIpc) is 3.05. The second kappa shape index (κ2) is 7.10. The van der Waals surface area contributed by atoms with Gasteiger partial charge >= 0.3 is 0 Å². The lowest BCUT2D eigenvalue weighted by Gasteiger charge is -2.41. The molecule has 1 heterocycles. The third kappa shape index (κ3) is 3.59. The molecule has 1 aromatic carbocycles. The van der Waals surface area contributed by atoms with Gasteiger partial charge in [0.05, 0.1) is 0 Å². The van der Waals surface area contributed by atoms with Gasteiger partial charge in [0.25, 0.3) is 0 Å². The van der Waals surface area contributed by atoms with Crippen LogP contribution in [0.2, 0.25) is 5.02 Å². The second-order valence-corrected chi connectivity index (χ2v) is 6.75. The van der Waals surface area contributed by atoms with Gasteiger partial charge in [-0.2, -0.15) is 0 Å². The largest absolute Gasteiger partial charge is 0.329 e. The van der Waals surface area contributed by atoms with Gasteiger partial charge < -0.3 is 5.73 Å². The van der Waals surface area contributed by atoms with E-state index in [2.05, 4.69) is 21.9 Å². The van der Waals surface area contributed by atoms with Crippen LogP contribution < -0.4 is 5.73 Å². The zero-order valence-corrected chi connectivity index (χ0v) is 13.4. The minimum atomic E-state index is 0.327. The Balaban J connectivity index is 1.60. The van der Waals surface area contributed by atoms with E-state index in [9.17, 15) is 0 Å². The van der Waals surface area contributed by atoms with Crippen molar-refractivity contribution in [2.45, 2.75) is 37.8 Å². The van der Waals surface area contributed by atoms with E-state index in [1.165, 1.54) is 44.3 Å². The number of hydrogen-bond acceptors (Lipinski definition) is 3. The van der Waals surface area contributed by atoms with Gasteiger partial charge in [-0.25, -0.2) is 0 Å². The van der Waals surface area contributed by atoms with Crippen LogP contribution >= 0.6 is 11.6 Å². The number of piperazine rings is 1. The first-order chi connectivity index (χ1) is 10.3. The summed E-state index contributed by atoms with van der Waals surface area (Å²) in [4.78, 5) is 5.23. The van der Waals surface area contributed by atoms with Crippen molar-refractivity contribution in [2.75, 3.05) is 32.7 Å². The molecule has 3 rings (SSSR count). The first kappa shape index (κ1) is 15.3. The van der Waals surface area contributed by atoms with Crippen molar-refractivity contribution < 1.29 is 0 Å². The molecular weight excluding hydrogens is 282 g/mol. The van der Waals surface area contributed by atoms with Crippen LogP contribution in [0.15, 0.2) is 24.3 Å². The normalized spacial score (nSPS) is 23.5. The summed E-state index contributed by atoms with van der Waals surface area (Å²) in [5, 5.41) is 0.792. The summed E-state index contributed by atoms with van der Waals surface area (Å²) in [5.41, 5.74) is 7.33. The standard InChI is InChI=1S/C17H26ClN3/c18-15-7-5-14(6-8-15)17(13-19)21-11-9-20(10-12-21)16-3-1-2-4-16/h5-8,16-17H,1-4,9-13,19H2. The van der Waals surface area contributed by atoms with Crippen molar-refractivity contribution in [3.8, 4) is 0 Å². The van der Waals surface area contributed by atoms with E-state index >= 15 is 0 Å². The van der Waals surface area contributed by atoms with E-state index in [1.54, 1.807) is 0 Å². The van der Waals surface area contributed by atoms with Crippen molar-refractivity contribution in [2.24, 2.45) is 5.73 Å². The molecule has 116 valence electrons. The number of nitrogens with zero attached hydrogens (tertiary/aromatic N) is 2. The van der Waals surface area contributed by atoms with Gasteiger partial charge in [0.2, 0.25) is 0 Å². The Labute approximate surface area is 133 Å². The van der Waals surface area contributed by atoms with Crippen LogP contribution in [0.5, 0.6) is 0 Å². The van der Waals surface area contributed by atoms with Crippen LogP contribution in [-0.2, 0) is 0 Å². The lowest BCUT2D eigenvalue weighted by Crippen LogP contribution is -2.51. The van der Waals surface area contributed by atoms with Gasteiger partial charge in [-0.1, -0.05) is 36.6 Å². The van der Waals surface area contributed by atoms with Crippen LogP contribution in [0.1, 0.15) is 37.3 Å². The lowest BCUT2D eigenvalue weighted by molar-refractivity contribution is 0.0722. The Morgan fingerprint density at radius 3 is 2.24 bits per heavy atom. The van der Waals surface area contributed by atoms with Crippen molar-refractivity contribution >= 4 is 11.6 Å². The highest BCUT2D eigenvalue weighted by Crippen LogP contribution is 2.27. The number of benzene rings is 1. The van der Waals surface area contributed by atoms with Crippen LogP contribution in [0.3, 0.4) is 0 Å². The van der Waals surface area contributed by atoms with Crippen molar-refractivity contribution in [1.29, 1.82) is 0 Å². The molecule has 3 nitrogen and oxygen atoms in total. The van der Waals surface area contributed by atoms with E-state index < -0.39 is 0 Å². The number of halogens is 1. The average molecular weight is 308 g/mol. The molecule has 2 N–H and O–H groups in total. The molecular formula is C17H26ClN3. The maximum Gasteiger partial charge on any atom is 0.0471 e. The zero-order chi connectivity index (χ0) is 14.7. The Morgan fingerprint density at radius 2 is 1.67 bits per heavy atom. The summed E-state index contributed by atoms with van der Waals surface area (Å²) in [6.45, 7) is 5.30. The molecule has 0 radical (unpaired) electrons. The monoisotopic (exact) mass is 307 g/mol. The van der Waals surface area contributed by atoms with Crippen LogP contribution in [0.25, 0.3) is 0 Å². The van der Waals surface area contributed by atoms with Crippen LogP contribution in [0, 0.1) is 0 Å². The van der Waals surface area contributed by atoms with E-state index in [4.69, 9.17) is 17.3 Å². The maximum absolute atomic E-state index is 6.04. The first-order valence-corrected chi connectivity index (χ1v) is 8.59. The highest BCUT2D eigenvalue weighted by atomic mass is 35.5. The summed E-state index contributed by atoms with van der Waals surface area (Å²) < 4.78 is 0. The summed E-state index contributed by atoms with van der Waals surface area (Å²) in [6.07, 6.45) is 5.64. The molecule has 1 aliphatic carbocycles. The van der Waals surface area contributed by atoms with Gasteiger partial charge in [0.1, 0.15) is 0 Å². The topological polar surface area (TPSA) is 32.5 Å². The molecule has 1 aliphatic heterocycles. The molecule has 2 aliphatic rings. The number of nitrogens with two attached hydrogens (primary N) is 1. The van der Waals surface area contributed by atoms with E-state index in [0.29, 0.717) is 12.6 Å². The maximum atomic E-state index is 6.04. The smallest absolute Gasteiger partial charge is 0.0471 e. The van der Waals surface area contributed by atoms with Gasteiger partial charge in [-0.3, -0.25) is 9.80 Å². The summed E-state index contributed by atoms with van der Waals surface area (Å²) in [5.74, 6) is 0. The molecule has 1 saturated carbocycles. The number of hydrogen-bond donors (Lipinski definition) is 1. The first-order valence-electron chi connectivity index (χ1n) is 8.21. The van der Waals surface area contributed by atoms with E-state index in [0.717, 1.165) is 24.2 Å². The Hall–Kier alpha value is -0.610. The molecule has 0 amide bonds. The fraction of sp³-hybridized carbons (Fsp3) is 0.647. The summed E-state index contributed by atoms with van der Waals surface area (Å²) in [7, 11) is 0. The van der Waals surface area contributed by atoms with Crippen LogP contribution in [-0.4, -0.2) is 48.6 Å². The van der Waals surface area contributed by atoms with Gasteiger partial charge in [0.15, 0.2) is 0 Å². The molecule has 1 aromatic rings. The molecule has 0 spiro atoms. The third-order valence-corrected chi connectivity index (χ3v) is 5.36. The highest BCUT2D eigenvalue weighted by molar-refractivity contribution is 6.30. The lowest BCUT2D eigenvalue weighted by atomic mass is 10.0. The molecule has 1 atom stereocenters. The van der Waals surface area contributed by atoms with Gasteiger partial charge in [0, 0.05) is 49.8 Å². The summed E-state index contributed by atoms with van der Waals surface area (Å²) in [6, 6.07) is 9.33. The Kier molecular flexibility index (Phi) is 5.17. The Morgan fingerprint density at radius 1 is 1.05 bits per heavy atom. The van der Waals surface area contributed by atoms with Crippen molar-refractivity contribution in [3.63, 3.8) is 0 Å². The van der Waals surface area contributed by atoms with Crippen LogP contribution in [0.4, 0.5) is 0 Å². The predicted molar refractivity (Wildman–Crippen MR) is 88.6 cm³/mol. The molecule has 0 aromatic heterocycles. The highest BCUT2D eigenvalue weighted by Gasteiger charge is 2.28. The minimum absolute atomic E-state index is 0.327. The van der Waals surface area contributed by atoms with Gasteiger partial charge in [-0.15, -0.1) is 0 Å². The molecule has 1 unspecified atom stereocenters. The Bertz CT molecular complexity index is 434. The summed E-state index contributed by atoms with van der Waals surface area (Å²) >= 11 is 5.99. The predicted octanol–water partition coefficient (Wildman–Crippen LogP) is 2.90. The third-order valence-electron chi connectivity index (χ3n) is 5.11. The molecule has 4 heteroatoms. The number of rotatable bonds is 4. The molecule has 0 bridgehead atoms. The van der Waals surface area contributed by atoms with Crippen molar-refractivity contribution in [3.05, 3.63) is 34.9 Å². The quantitative estimate of drug-likeness (QED) is 0.928. The van der Waals surface area contributed by atoms with Crippen molar-refractivity contribution in [1.82, 2.24) is 9.80 Å². The van der Waals surface area contributed by atoms with Gasteiger partial charge in [-0.05, 0) is 30.5 Å². The fourth-order valence-electron chi connectivity index (χ4n) is 3.86. The molecule has 21 heavy (non-hydrogen) atoms. The molecule has 2 fully saturated rings.